The van der Waals surface area contributed by atoms with Crippen LogP contribution in [0.1, 0.15) is 54.1 Å². The number of ether oxygens (including phenoxy) is 2. The van der Waals surface area contributed by atoms with E-state index >= 15 is 0 Å². The van der Waals surface area contributed by atoms with Crippen molar-refractivity contribution in [3.05, 3.63) is 82.3 Å². The first kappa shape index (κ1) is 24.6. The Morgan fingerprint density at radius 1 is 1.08 bits per heavy atom. The van der Waals surface area contributed by atoms with Gasteiger partial charge in [0.15, 0.2) is 0 Å². The number of anilines is 2. The Balaban J connectivity index is 2.00. The van der Waals surface area contributed by atoms with Gasteiger partial charge in [-0.2, -0.15) is 10.2 Å². The van der Waals surface area contributed by atoms with E-state index in [1.165, 1.54) is 4.68 Å². The average Bonchev–Trinajstić information content (AvgIpc) is 3.33. The quantitative estimate of drug-likeness (QED) is 0.450. The van der Waals surface area contributed by atoms with Crippen LogP contribution in [0.2, 0.25) is 0 Å². The van der Waals surface area contributed by atoms with E-state index in [9.17, 15) is 19.2 Å². The third-order valence-corrected chi connectivity index (χ3v) is 5.69. The molecule has 0 saturated heterocycles. The lowest BCUT2D eigenvalue weighted by molar-refractivity contribution is -0.139. The summed E-state index contributed by atoms with van der Waals surface area (Å²) in [5, 5.41) is 13.6. The maximum absolute atomic E-state index is 13.5. The Morgan fingerprint density at radius 3 is 2.42 bits per heavy atom. The molecule has 1 unspecified atom stereocenters. The molecule has 184 valence electrons. The lowest BCUT2D eigenvalue weighted by Gasteiger charge is -2.35. The summed E-state index contributed by atoms with van der Waals surface area (Å²) in [5.41, 5.74) is 2.79. The molecule has 1 aromatic heterocycles. The van der Waals surface area contributed by atoms with Gasteiger partial charge in [-0.05, 0) is 56.2 Å². The van der Waals surface area contributed by atoms with E-state index in [1.807, 2.05) is 0 Å². The molecule has 0 amide bonds. The van der Waals surface area contributed by atoms with Crippen LogP contribution in [0.4, 0.5) is 16.0 Å². The molecule has 1 aliphatic heterocycles. The summed E-state index contributed by atoms with van der Waals surface area (Å²) < 4.78 is 25.4. The monoisotopic (exact) mass is 489 g/mol. The topological polar surface area (TPSA) is 110 Å². The van der Waals surface area contributed by atoms with Crippen LogP contribution in [0.3, 0.4) is 0 Å². The van der Waals surface area contributed by atoms with Gasteiger partial charge in [0.2, 0.25) is 5.95 Å². The van der Waals surface area contributed by atoms with Crippen molar-refractivity contribution in [2.45, 2.75) is 33.5 Å². The molecule has 1 atom stereocenters. The molecule has 10 heteroatoms. The molecule has 4 rings (SSSR count). The van der Waals surface area contributed by atoms with Crippen molar-refractivity contribution in [3.63, 3.8) is 0 Å². The molecule has 1 aliphatic rings. The zero-order valence-corrected chi connectivity index (χ0v) is 20.1. The van der Waals surface area contributed by atoms with Crippen LogP contribution in [0, 0.1) is 11.3 Å². The summed E-state index contributed by atoms with van der Waals surface area (Å²) in [6, 6.07) is 14.7. The van der Waals surface area contributed by atoms with Gasteiger partial charge in [-0.1, -0.05) is 24.3 Å². The molecule has 0 saturated carbocycles. The highest BCUT2D eigenvalue weighted by molar-refractivity contribution is 5.94. The molecule has 0 radical (unpaired) electrons. The minimum absolute atomic E-state index is 0.134. The number of hydrogen-bond acceptors (Lipinski definition) is 8. The smallest absolute Gasteiger partial charge is 0.378 e. The van der Waals surface area contributed by atoms with Crippen molar-refractivity contribution in [1.29, 1.82) is 5.26 Å². The predicted molar refractivity (Wildman–Crippen MR) is 128 cm³/mol. The van der Waals surface area contributed by atoms with E-state index < -0.39 is 24.7 Å². The minimum Gasteiger partial charge on any atom is -0.463 e. The van der Waals surface area contributed by atoms with Gasteiger partial charge in [-0.3, -0.25) is 4.90 Å². The first-order chi connectivity index (χ1) is 17.4. The third kappa shape index (κ3) is 4.43. The second-order valence-corrected chi connectivity index (χ2v) is 7.90. The summed E-state index contributed by atoms with van der Waals surface area (Å²) in [5.74, 6) is -1.23. The molecule has 9 nitrogen and oxygen atoms in total. The lowest BCUT2D eigenvalue weighted by atomic mass is 9.94. The molecule has 0 bridgehead atoms. The molecule has 2 heterocycles. The highest BCUT2D eigenvalue weighted by Gasteiger charge is 2.40. The van der Waals surface area contributed by atoms with E-state index in [-0.39, 0.29) is 30.6 Å². The fourth-order valence-electron chi connectivity index (χ4n) is 4.12. The number of nitriles is 1. The fourth-order valence-corrected chi connectivity index (χ4v) is 4.12. The standard InChI is InChI=1S/C26H24FN5O4/c1-4-35-24(33)21-16(3)31(20-8-6-7-18(13-20)14-27)26-29-23(25(34)36-5-2)30-32(26)22(21)19-11-9-17(15-28)10-12-19/h6-13,22H,4-5,14H2,1-3H3. The Morgan fingerprint density at radius 2 is 1.78 bits per heavy atom. The number of benzene rings is 2. The molecule has 0 spiro atoms. The van der Waals surface area contributed by atoms with Crippen LogP contribution in [0.15, 0.2) is 59.8 Å². The number of allylic oxidation sites excluding steroid dienone is 1. The van der Waals surface area contributed by atoms with E-state index in [1.54, 1.807) is 74.2 Å². The summed E-state index contributed by atoms with van der Waals surface area (Å²) in [6.45, 7) is 4.71. The number of alkyl halides is 1. The van der Waals surface area contributed by atoms with Crippen LogP contribution in [-0.4, -0.2) is 39.9 Å². The second kappa shape index (κ2) is 10.4. The fraction of sp³-hybridized carbons (Fsp3) is 0.269. The predicted octanol–water partition coefficient (Wildman–Crippen LogP) is 4.37. The van der Waals surface area contributed by atoms with Crippen molar-refractivity contribution in [2.75, 3.05) is 18.1 Å². The minimum atomic E-state index is -0.803. The highest BCUT2D eigenvalue weighted by atomic mass is 19.1. The third-order valence-electron chi connectivity index (χ3n) is 5.69. The van der Waals surface area contributed by atoms with Crippen molar-refractivity contribution < 1.29 is 23.5 Å². The van der Waals surface area contributed by atoms with Crippen molar-refractivity contribution in [3.8, 4) is 6.07 Å². The van der Waals surface area contributed by atoms with E-state index in [0.717, 1.165) is 0 Å². The molecule has 0 N–H and O–H groups in total. The summed E-state index contributed by atoms with van der Waals surface area (Å²) in [7, 11) is 0. The van der Waals surface area contributed by atoms with Crippen LogP contribution in [0.5, 0.6) is 0 Å². The number of carbonyl (C=O) groups excluding carboxylic acids is 2. The van der Waals surface area contributed by atoms with E-state index in [0.29, 0.717) is 28.1 Å². The van der Waals surface area contributed by atoms with Crippen molar-refractivity contribution >= 4 is 23.6 Å². The number of carbonyl (C=O) groups is 2. The number of halogens is 1. The number of fused-ring (bicyclic) bond motifs is 1. The molecular weight excluding hydrogens is 465 g/mol. The highest BCUT2D eigenvalue weighted by Crippen LogP contribution is 2.42. The first-order valence-electron chi connectivity index (χ1n) is 11.4. The Hall–Kier alpha value is -4.52. The van der Waals surface area contributed by atoms with E-state index in [4.69, 9.17) is 9.47 Å². The van der Waals surface area contributed by atoms with Crippen LogP contribution < -0.4 is 4.90 Å². The van der Waals surface area contributed by atoms with Gasteiger partial charge >= 0.3 is 11.9 Å². The molecule has 3 aromatic rings. The number of rotatable bonds is 7. The van der Waals surface area contributed by atoms with Gasteiger partial charge in [0.1, 0.15) is 12.7 Å². The lowest BCUT2D eigenvalue weighted by Crippen LogP contribution is -2.34. The Bertz CT molecular complexity index is 1370. The van der Waals surface area contributed by atoms with Crippen LogP contribution >= 0.6 is 0 Å². The normalized spacial score (nSPS) is 14.8. The molecule has 36 heavy (non-hydrogen) atoms. The van der Waals surface area contributed by atoms with Crippen molar-refractivity contribution in [2.24, 2.45) is 0 Å². The molecular formula is C26H24FN5O4. The zero-order chi connectivity index (χ0) is 25.8. The van der Waals surface area contributed by atoms with Gasteiger partial charge in [-0.15, -0.1) is 5.10 Å². The van der Waals surface area contributed by atoms with Gasteiger partial charge in [-0.25, -0.2) is 18.7 Å². The summed E-state index contributed by atoms with van der Waals surface area (Å²) in [4.78, 5) is 32.0. The SMILES string of the molecule is CCOC(=O)C1=C(C)N(c2cccc(CF)c2)c2nc(C(=O)OCC)nn2C1c1ccc(C#N)cc1. The Kier molecular flexibility index (Phi) is 7.10. The van der Waals surface area contributed by atoms with Gasteiger partial charge < -0.3 is 9.47 Å². The molecule has 0 fully saturated rings. The number of aromatic nitrogens is 3. The Labute approximate surface area is 207 Å². The van der Waals surface area contributed by atoms with Crippen LogP contribution in [0.25, 0.3) is 0 Å². The van der Waals surface area contributed by atoms with Crippen molar-refractivity contribution in [1.82, 2.24) is 14.8 Å². The number of hydrogen-bond donors (Lipinski definition) is 0. The van der Waals surface area contributed by atoms with Crippen LogP contribution in [-0.2, 0) is 20.9 Å². The molecule has 2 aromatic carbocycles. The maximum Gasteiger partial charge on any atom is 0.378 e. The van der Waals surface area contributed by atoms with Gasteiger partial charge in [0.25, 0.3) is 5.82 Å². The van der Waals surface area contributed by atoms with E-state index in [2.05, 4.69) is 16.2 Å². The van der Waals surface area contributed by atoms with Gasteiger partial charge in [0, 0.05) is 11.4 Å². The summed E-state index contributed by atoms with van der Waals surface area (Å²) >= 11 is 0. The van der Waals surface area contributed by atoms with Gasteiger partial charge in [0.05, 0.1) is 30.4 Å². The second-order valence-electron chi connectivity index (χ2n) is 7.90. The number of esters is 2. The maximum atomic E-state index is 13.5. The zero-order valence-electron chi connectivity index (χ0n) is 20.1. The average molecular weight is 490 g/mol. The largest absolute Gasteiger partial charge is 0.463 e. The first-order valence-corrected chi connectivity index (χ1v) is 11.4. The summed E-state index contributed by atoms with van der Waals surface area (Å²) in [6.07, 6.45) is 0. The molecule has 0 aliphatic carbocycles. The number of nitrogens with zero attached hydrogens (tertiary/aromatic N) is 5.